The van der Waals surface area contributed by atoms with Crippen molar-refractivity contribution in [2.45, 2.75) is 11.9 Å². The number of nitrogens with one attached hydrogen (secondary N) is 1. The molecule has 112 valence electrons. The van der Waals surface area contributed by atoms with Gasteiger partial charge in [-0.15, -0.1) is 11.3 Å². The van der Waals surface area contributed by atoms with Crippen molar-refractivity contribution in [1.82, 2.24) is 9.97 Å². The van der Waals surface area contributed by atoms with Gasteiger partial charge in [0.1, 0.15) is 11.4 Å². The van der Waals surface area contributed by atoms with Crippen molar-refractivity contribution >= 4 is 56.5 Å². The van der Waals surface area contributed by atoms with Gasteiger partial charge >= 0.3 is 0 Å². The minimum absolute atomic E-state index is 0.0846. The minimum Gasteiger partial charge on any atom is -0.325 e. The highest BCUT2D eigenvalue weighted by atomic mass is 35.5. The molecule has 3 rings (SSSR count). The van der Waals surface area contributed by atoms with E-state index in [1.807, 2.05) is 24.4 Å². The number of halogens is 1. The smallest absolute Gasteiger partial charge is 0.234 e. The second-order valence-corrected chi connectivity index (χ2v) is 6.93. The van der Waals surface area contributed by atoms with E-state index in [0.29, 0.717) is 5.02 Å². The van der Waals surface area contributed by atoms with Gasteiger partial charge in [-0.05, 0) is 36.1 Å². The Morgan fingerprint density at radius 2 is 2.23 bits per heavy atom. The fourth-order valence-electron chi connectivity index (χ4n) is 1.92. The number of hydrogen-bond donors (Lipinski definition) is 1. The van der Waals surface area contributed by atoms with Crippen LogP contribution in [0, 0.1) is 6.92 Å². The Hall–Kier alpha value is -1.63. The third kappa shape index (κ3) is 3.40. The summed E-state index contributed by atoms with van der Waals surface area (Å²) in [5.41, 5.74) is 2.63. The molecule has 2 aromatic heterocycles. The molecular weight excluding hydrogens is 338 g/mol. The van der Waals surface area contributed by atoms with Crippen LogP contribution in [0.5, 0.6) is 0 Å². The molecule has 2 heterocycles. The number of aryl methyl sites for hydroxylation is 1. The first-order chi connectivity index (χ1) is 10.6. The lowest BCUT2D eigenvalue weighted by atomic mass is 10.2. The highest BCUT2D eigenvalue weighted by Crippen LogP contribution is 2.29. The molecule has 0 aliphatic rings. The molecule has 22 heavy (non-hydrogen) atoms. The molecular formula is C15H12ClN3OS2. The van der Waals surface area contributed by atoms with Crippen molar-refractivity contribution < 1.29 is 4.79 Å². The van der Waals surface area contributed by atoms with E-state index in [2.05, 4.69) is 15.3 Å². The third-order valence-corrected chi connectivity index (χ3v) is 5.29. The third-order valence-electron chi connectivity index (χ3n) is 3.02. The van der Waals surface area contributed by atoms with Crippen LogP contribution >= 0.6 is 34.7 Å². The number of hydrogen-bond acceptors (Lipinski definition) is 5. The Kier molecular flexibility index (Phi) is 4.61. The summed E-state index contributed by atoms with van der Waals surface area (Å²) in [4.78, 5) is 20.5. The van der Waals surface area contributed by atoms with Gasteiger partial charge < -0.3 is 5.32 Å². The molecule has 0 saturated heterocycles. The van der Waals surface area contributed by atoms with Crippen molar-refractivity contribution in [1.29, 1.82) is 0 Å². The molecule has 0 saturated carbocycles. The Bertz CT molecular complexity index is 835. The molecule has 0 aliphatic heterocycles. The van der Waals surface area contributed by atoms with E-state index in [1.165, 1.54) is 18.1 Å². The van der Waals surface area contributed by atoms with E-state index in [0.717, 1.165) is 26.5 Å². The lowest BCUT2D eigenvalue weighted by Crippen LogP contribution is -2.14. The summed E-state index contributed by atoms with van der Waals surface area (Å²) in [6, 6.07) is 7.38. The summed E-state index contributed by atoms with van der Waals surface area (Å²) in [5.74, 6) is 0.203. The standard InChI is InChI=1S/C15H12ClN3OS2/c1-9-2-3-10(16)6-12(9)19-13(20)7-22-15-14-11(4-5-21-14)17-8-18-15/h2-6,8H,7H2,1H3,(H,19,20). The fourth-order valence-corrected chi connectivity index (χ4v) is 3.84. The van der Waals surface area contributed by atoms with E-state index >= 15 is 0 Å². The Balaban J connectivity index is 1.67. The number of nitrogens with zero attached hydrogens (tertiary/aromatic N) is 2. The highest BCUT2D eigenvalue weighted by Gasteiger charge is 2.10. The van der Waals surface area contributed by atoms with Crippen molar-refractivity contribution in [3.05, 3.63) is 46.6 Å². The second kappa shape index (κ2) is 6.64. The molecule has 0 fully saturated rings. The van der Waals surface area contributed by atoms with Crippen LogP contribution in [-0.2, 0) is 4.79 Å². The van der Waals surface area contributed by atoms with E-state index < -0.39 is 0 Å². The topological polar surface area (TPSA) is 54.9 Å². The number of amides is 1. The van der Waals surface area contributed by atoms with Crippen LogP contribution in [0.1, 0.15) is 5.56 Å². The van der Waals surface area contributed by atoms with Crippen LogP contribution in [-0.4, -0.2) is 21.6 Å². The fraction of sp³-hybridized carbons (Fsp3) is 0.133. The van der Waals surface area contributed by atoms with Crippen LogP contribution in [0.15, 0.2) is 41.0 Å². The average molecular weight is 350 g/mol. The Morgan fingerprint density at radius 3 is 3.09 bits per heavy atom. The zero-order valence-corrected chi connectivity index (χ0v) is 14.1. The quantitative estimate of drug-likeness (QED) is 0.561. The first-order valence-electron chi connectivity index (χ1n) is 6.50. The summed E-state index contributed by atoms with van der Waals surface area (Å²) in [7, 11) is 0. The van der Waals surface area contributed by atoms with Crippen LogP contribution in [0.3, 0.4) is 0 Å². The number of rotatable bonds is 4. The summed E-state index contributed by atoms with van der Waals surface area (Å²) >= 11 is 8.94. The van der Waals surface area contributed by atoms with Gasteiger partial charge in [0.05, 0.1) is 16.0 Å². The lowest BCUT2D eigenvalue weighted by molar-refractivity contribution is -0.113. The molecule has 0 aliphatic carbocycles. The normalized spacial score (nSPS) is 10.8. The van der Waals surface area contributed by atoms with Gasteiger partial charge in [-0.1, -0.05) is 29.4 Å². The van der Waals surface area contributed by atoms with Crippen LogP contribution in [0.4, 0.5) is 5.69 Å². The molecule has 1 amide bonds. The van der Waals surface area contributed by atoms with Crippen molar-refractivity contribution in [2.75, 3.05) is 11.1 Å². The van der Waals surface area contributed by atoms with Gasteiger partial charge in [-0.25, -0.2) is 9.97 Å². The molecule has 7 heteroatoms. The van der Waals surface area contributed by atoms with E-state index in [1.54, 1.807) is 23.5 Å². The number of fused-ring (bicyclic) bond motifs is 1. The molecule has 3 aromatic rings. The summed E-state index contributed by atoms with van der Waals surface area (Å²) in [6.45, 7) is 1.93. The number of benzene rings is 1. The van der Waals surface area contributed by atoms with E-state index in [4.69, 9.17) is 11.6 Å². The van der Waals surface area contributed by atoms with E-state index in [9.17, 15) is 4.79 Å². The van der Waals surface area contributed by atoms with Gasteiger partial charge in [0.25, 0.3) is 0 Å². The predicted octanol–water partition coefficient (Wildman–Crippen LogP) is 4.38. The molecule has 0 bridgehead atoms. The van der Waals surface area contributed by atoms with Crippen molar-refractivity contribution in [3.8, 4) is 0 Å². The van der Waals surface area contributed by atoms with Crippen molar-refractivity contribution in [3.63, 3.8) is 0 Å². The minimum atomic E-state index is -0.0846. The number of carbonyl (C=O) groups excluding carboxylic acids is 1. The largest absolute Gasteiger partial charge is 0.325 e. The van der Waals surface area contributed by atoms with E-state index in [-0.39, 0.29) is 11.7 Å². The Labute approximate surface area is 140 Å². The molecule has 0 spiro atoms. The number of aromatic nitrogens is 2. The van der Waals surface area contributed by atoms with Crippen LogP contribution in [0.2, 0.25) is 5.02 Å². The maximum atomic E-state index is 12.1. The highest BCUT2D eigenvalue weighted by molar-refractivity contribution is 8.00. The maximum absolute atomic E-state index is 12.1. The first kappa shape index (κ1) is 15.3. The molecule has 4 nitrogen and oxygen atoms in total. The number of thiophene rings is 1. The SMILES string of the molecule is Cc1ccc(Cl)cc1NC(=O)CSc1ncnc2ccsc12. The van der Waals surface area contributed by atoms with Gasteiger partial charge in [0, 0.05) is 10.7 Å². The second-order valence-electron chi connectivity index (χ2n) is 4.61. The molecule has 1 aromatic carbocycles. The monoisotopic (exact) mass is 349 g/mol. The Morgan fingerprint density at radius 1 is 1.36 bits per heavy atom. The molecule has 0 atom stereocenters. The van der Waals surface area contributed by atoms with Gasteiger partial charge in [-0.3, -0.25) is 4.79 Å². The predicted molar refractivity (Wildman–Crippen MR) is 93.0 cm³/mol. The summed E-state index contributed by atoms with van der Waals surface area (Å²) in [5, 5.41) is 6.28. The molecule has 1 N–H and O–H groups in total. The molecule has 0 unspecified atom stereocenters. The zero-order chi connectivity index (χ0) is 15.5. The zero-order valence-electron chi connectivity index (χ0n) is 11.7. The number of anilines is 1. The van der Waals surface area contributed by atoms with Gasteiger partial charge in [-0.2, -0.15) is 0 Å². The van der Waals surface area contributed by atoms with Crippen LogP contribution in [0.25, 0.3) is 10.2 Å². The summed E-state index contributed by atoms with van der Waals surface area (Å²) in [6.07, 6.45) is 1.52. The van der Waals surface area contributed by atoms with Gasteiger partial charge in [0.2, 0.25) is 5.91 Å². The summed E-state index contributed by atoms with van der Waals surface area (Å²) < 4.78 is 1.01. The number of thioether (sulfide) groups is 1. The molecule has 0 radical (unpaired) electrons. The number of carbonyl (C=O) groups is 1. The lowest BCUT2D eigenvalue weighted by Gasteiger charge is -2.08. The first-order valence-corrected chi connectivity index (χ1v) is 8.75. The van der Waals surface area contributed by atoms with Crippen LogP contribution < -0.4 is 5.32 Å². The van der Waals surface area contributed by atoms with Crippen molar-refractivity contribution in [2.24, 2.45) is 0 Å². The van der Waals surface area contributed by atoms with Gasteiger partial charge in [0.15, 0.2) is 0 Å². The maximum Gasteiger partial charge on any atom is 0.234 e. The average Bonchev–Trinajstić information content (AvgIpc) is 2.98.